The zero-order chi connectivity index (χ0) is 11.8. The summed E-state index contributed by atoms with van der Waals surface area (Å²) in [6, 6.07) is 0. The van der Waals surface area contributed by atoms with Crippen LogP contribution >= 0.6 is 0 Å². The largest absolute Gasteiger partial charge is 0.461 e. The maximum Gasteiger partial charge on any atom is 0.373 e. The van der Waals surface area contributed by atoms with Crippen LogP contribution in [0.4, 0.5) is 8.78 Å². The van der Waals surface area contributed by atoms with E-state index >= 15 is 0 Å². The first-order valence-corrected chi connectivity index (χ1v) is 6.15. The van der Waals surface area contributed by atoms with Crippen molar-refractivity contribution < 1.29 is 18.3 Å². The van der Waals surface area contributed by atoms with Crippen LogP contribution in [0.25, 0.3) is 0 Å². The molecule has 0 aromatic carbocycles. The van der Waals surface area contributed by atoms with Crippen molar-refractivity contribution in [2.75, 3.05) is 6.61 Å². The molecule has 1 aliphatic rings. The minimum atomic E-state index is -2.99. The molecule has 16 heavy (non-hydrogen) atoms. The molecular weight excluding hydrogens is 214 g/mol. The quantitative estimate of drug-likeness (QED) is 0.519. The van der Waals surface area contributed by atoms with E-state index in [0.29, 0.717) is 6.42 Å². The SMILES string of the molecule is O=C(OCCCCC1CCCCC1)C(F)F. The molecule has 1 aliphatic carbocycles. The predicted octanol–water partition coefficient (Wildman–Crippen LogP) is 3.55. The van der Waals surface area contributed by atoms with Gasteiger partial charge in [-0.15, -0.1) is 0 Å². The summed E-state index contributed by atoms with van der Waals surface area (Å²) in [5.41, 5.74) is 0. The monoisotopic (exact) mass is 234 g/mol. The van der Waals surface area contributed by atoms with E-state index in [1.165, 1.54) is 32.1 Å². The van der Waals surface area contributed by atoms with E-state index in [4.69, 9.17) is 0 Å². The van der Waals surface area contributed by atoms with Gasteiger partial charge in [-0.3, -0.25) is 0 Å². The van der Waals surface area contributed by atoms with Gasteiger partial charge in [-0.05, 0) is 18.8 Å². The van der Waals surface area contributed by atoms with E-state index in [0.717, 1.165) is 18.8 Å². The van der Waals surface area contributed by atoms with Crippen LogP contribution in [-0.4, -0.2) is 19.0 Å². The van der Waals surface area contributed by atoms with Crippen molar-refractivity contribution in [1.82, 2.24) is 0 Å². The highest BCUT2D eigenvalue weighted by Crippen LogP contribution is 2.27. The second kappa shape index (κ2) is 7.58. The van der Waals surface area contributed by atoms with Gasteiger partial charge in [-0.1, -0.05) is 38.5 Å². The Morgan fingerprint density at radius 2 is 1.88 bits per heavy atom. The summed E-state index contributed by atoms with van der Waals surface area (Å²) in [6.45, 7) is 0.135. The van der Waals surface area contributed by atoms with Crippen LogP contribution in [0.5, 0.6) is 0 Å². The van der Waals surface area contributed by atoms with Crippen molar-refractivity contribution in [2.45, 2.75) is 57.8 Å². The Kier molecular flexibility index (Phi) is 6.34. The Balaban J connectivity index is 1.93. The molecule has 0 saturated heterocycles. The number of halogens is 2. The summed E-state index contributed by atoms with van der Waals surface area (Å²) in [5, 5.41) is 0. The first kappa shape index (κ1) is 13.4. The normalized spacial score (nSPS) is 17.7. The Morgan fingerprint density at radius 3 is 2.50 bits per heavy atom. The molecular formula is C12H20F2O2. The molecule has 1 saturated carbocycles. The lowest BCUT2D eigenvalue weighted by molar-refractivity contribution is -0.156. The Hall–Kier alpha value is -0.670. The molecule has 1 fully saturated rings. The van der Waals surface area contributed by atoms with Gasteiger partial charge in [0.1, 0.15) is 0 Å². The summed E-state index contributed by atoms with van der Waals surface area (Å²) in [7, 11) is 0. The molecule has 4 heteroatoms. The molecule has 0 aromatic heterocycles. The number of esters is 1. The standard InChI is InChI=1S/C12H20F2O2/c13-11(14)12(15)16-9-5-4-8-10-6-2-1-3-7-10/h10-11H,1-9H2. The van der Waals surface area contributed by atoms with E-state index < -0.39 is 12.4 Å². The second-order valence-corrected chi connectivity index (χ2v) is 4.47. The van der Waals surface area contributed by atoms with E-state index in [-0.39, 0.29) is 6.61 Å². The van der Waals surface area contributed by atoms with E-state index in [2.05, 4.69) is 4.74 Å². The molecule has 2 nitrogen and oxygen atoms in total. The third-order valence-electron chi connectivity index (χ3n) is 3.15. The zero-order valence-electron chi connectivity index (χ0n) is 9.59. The van der Waals surface area contributed by atoms with Crippen molar-refractivity contribution in [3.63, 3.8) is 0 Å². The summed E-state index contributed by atoms with van der Waals surface area (Å²) in [4.78, 5) is 10.4. The lowest BCUT2D eigenvalue weighted by Crippen LogP contribution is -2.15. The summed E-state index contributed by atoms with van der Waals surface area (Å²) in [5.74, 6) is -0.586. The molecule has 0 amide bonds. The minimum absolute atomic E-state index is 0.135. The van der Waals surface area contributed by atoms with Crippen LogP contribution in [0.3, 0.4) is 0 Å². The molecule has 0 aromatic rings. The molecule has 0 unspecified atom stereocenters. The highest BCUT2D eigenvalue weighted by molar-refractivity contribution is 5.72. The molecule has 0 heterocycles. The number of carbonyl (C=O) groups is 1. The molecule has 0 aliphatic heterocycles. The van der Waals surface area contributed by atoms with Crippen molar-refractivity contribution in [3.05, 3.63) is 0 Å². The van der Waals surface area contributed by atoms with Gasteiger partial charge in [0.05, 0.1) is 6.61 Å². The maximum absolute atomic E-state index is 11.8. The molecule has 0 radical (unpaired) electrons. The number of rotatable bonds is 6. The number of unbranched alkanes of at least 4 members (excludes halogenated alkanes) is 1. The van der Waals surface area contributed by atoms with E-state index in [1.54, 1.807) is 0 Å². The molecule has 0 atom stereocenters. The lowest BCUT2D eigenvalue weighted by atomic mass is 9.86. The van der Waals surface area contributed by atoms with Crippen molar-refractivity contribution >= 4 is 5.97 Å². The fraction of sp³-hybridized carbons (Fsp3) is 0.917. The van der Waals surface area contributed by atoms with Gasteiger partial charge in [0.2, 0.25) is 0 Å². The van der Waals surface area contributed by atoms with Gasteiger partial charge < -0.3 is 4.74 Å². The molecule has 94 valence electrons. The van der Waals surface area contributed by atoms with E-state index in [9.17, 15) is 13.6 Å². The van der Waals surface area contributed by atoms with Gasteiger partial charge >= 0.3 is 12.4 Å². The van der Waals surface area contributed by atoms with Crippen LogP contribution in [0.2, 0.25) is 0 Å². The Morgan fingerprint density at radius 1 is 1.19 bits per heavy atom. The van der Waals surface area contributed by atoms with Crippen LogP contribution in [0, 0.1) is 5.92 Å². The number of hydrogen-bond acceptors (Lipinski definition) is 2. The summed E-state index contributed by atoms with van der Waals surface area (Å²) >= 11 is 0. The number of ether oxygens (including phenoxy) is 1. The second-order valence-electron chi connectivity index (χ2n) is 4.47. The number of carbonyl (C=O) groups excluding carboxylic acids is 1. The average Bonchev–Trinajstić information content (AvgIpc) is 2.29. The van der Waals surface area contributed by atoms with Crippen LogP contribution in [0.1, 0.15) is 51.4 Å². The van der Waals surface area contributed by atoms with E-state index in [1.807, 2.05) is 0 Å². The van der Waals surface area contributed by atoms with Gasteiger partial charge in [-0.2, -0.15) is 8.78 Å². The smallest absolute Gasteiger partial charge is 0.373 e. The summed E-state index contributed by atoms with van der Waals surface area (Å²) < 4.78 is 27.9. The lowest BCUT2D eigenvalue weighted by Gasteiger charge is -2.21. The first-order chi connectivity index (χ1) is 7.70. The topological polar surface area (TPSA) is 26.3 Å². The Labute approximate surface area is 95.4 Å². The molecule has 0 N–H and O–H groups in total. The van der Waals surface area contributed by atoms with Crippen molar-refractivity contribution in [2.24, 2.45) is 5.92 Å². The first-order valence-electron chi connectivity index (χ1n) is 6.15. The third-order valence-corrected chi connectivity index (χ3v) is 3.15. The van der Waals surface area contributed by atoms with Crippen molar-refractivity contribution in [3.8, 4) is 0 Å². The van der Waals surface area contributed by atoms with Gasteiger partial charge in [0, 0.05) is 0 Å². The van der Waals surface area contributed by atoms with Crippen molar-refractivity contribution in [1.29, 1.82) is 0 Å². The van der Waals surface area contributed by atoms with Crippen LogP contribution in [-0.2, 0) is 9.53 Å². The minimum Gasteiger partial charge on any atom is -0.461 e. The van der Waals surface area contributed by atoms with Crippen LogP contribution in [0.15, 0.2) is 0 Å². The number of alkyl halides is 2. The fourth-order valence-corrected chi connectivity index (χ4v) is 2.25. The van der Waals surface area contributed by atoms with Gasteiger partial charge in [-0.25, -0.2) is 4.79 Å². The maximum atomic E-state index is 11.8. The molecule has 0 bridgehead atoms. The van der Waals surface area contributed by atoms with Gasteiger partial charge in [0.15, 0.2) is 0 Å². The summed E-state index contributed by atoms with van der Waals surface area (Å²) in [6.07, 6.45) is 6.44. The van der Waals surface area contributed by atoms with Crippen LogP contribution < -0.4 is 0 Å². The highest BCUT2D eigenvalue weighted by Gasteiger charge is 2.16. The third kappa shape index (κ3) is 5.42. The average molecular weight is 234 g/mol. The Bertz CT molecular complexity index is 201. The number of hydrogen-bond donors (Lipinski definition) is 0. The highest BCUT2D eigenvalue weighted by atomic mass is 19.3. The molecule has 0 spiro atoms. The predicted molar refractivity (Wildman–Crippen MR) is 57.4 cm³/mol. The molecule has 1 rings (SSSR count). The zero-order valence-corrected chi connectivity index (χ0v) is 9.59. The van der Waals surface area contributed by atoms with Gasteiger partial charge in [0.25, 0.3) is 0 Å². The fourth-order valence-electron chi connectivity index (χ4n) is 2.25.